The van der Waals surface area contributed by atoms with Crippen molar-refractivity contribution in [3.63, 3.8) is 0 Å². The van der Waals surface area contributed by atoms with Gasteiger partial charge in [-0.15, -0.1) is 0 Å². The third-order valence-electron chi connectivity index (χ3n) is 4.82. The fourth-order valence-corrected chi connectivity index (χ4v) is 3.62. The lowest BCUT2D eigenvalue weighted by molar-refractivity contribution is 0.142. The molecule has 6 nitrogen and oxygen atoms in total. The zero-order valence-electron chi connectivity index (χ0n) is 12.7. The molecule has 0 bridgehead atoms. The van der Waals surface area contributed by atoms with Crippen LogP contribution in [-0.2, 0) is 0 Å². The van der Waals surface area contributed by atoms with Crippen molar-refractivity contribution in [2.24, 2.45) is 0 Å². The zero-order chi connectivity index (χ0) is 15.7. The number of hydrogen-bond donors (Lipinski definition) is 1. The van der Waals surface area contributed by atoms with Gasteiger partial charge in [0.15, 0.2) is 0 Å². The third kappa shape index (κ3) is 3.11. The van der Waals surface area contributed by atoms with Crippen LogP contribution in [-0.4, -0.2) is 52.2 Å². The van der Waals surface area contributed by atoms with Gasteiger partial charge >= 0.3 is 6.09 Å². The molecule has 1 aromatic heterocycles. The van der Waals surface area contributed by atoms with Crippen LogP contribution < -0.4 is 4.90 Å². The summed E-state index contributed by atoms with van der Waals surface area (Å²) >= 11 is 6.10. The van der Waals surface area contributed by atoms with E-state index < -0.39 is 6.09 Å². The second-order valence-electron chi connectivity index (χ2n) is 6.18. The van der Waals surface area contributed by atoms with E-state index in [1.165, 1.54) is 17.7 Å². The maximum absolute atomic E-state index is 11.1. The number of halogens is 1. The van der Waals surface area contributed by atoms with Gasteiger partial charge in [0.25, 0.3) is 0 Å². The first-order valence-electron chi connectivity index (χ1n) is 7.80. The summed E-state index contributed by atoms with van der Waals surface area (Å²) in [5.41, 5.74) is 1.03. The van der Waals surface area contributed by atoms with Crippen LogP contribution in [0.15, 0.2) is 6.07 Å². The maximum atomic E-state index is 11.1. The molecule has 1 atom stereocenters. The van der Waals surface area contributed by atoms with Crippen molar-refractivity contribution in [2.45, 2.75) is 44.1 Å². The van der Waals surface area contributed by atoms with E-state index in [4.69, 9.17) is 16.7 Å². The van der Waals surface area contributed by atoms with Crippen LogP contribution in [0, 0.1) is 0 Å². The Bertz CT molecular complexity index is 562. The van der Waals surface area contributed by atoms with Crippen molar-refractivity contribution < 1.29 is 9.90 Å². The Morgan fingerprint density at radius 1 is 1.36 bits per heavy atom. The number of hydrogen-bond acceptors (Lipinski definition) is 4. The lowest BCUT2D eigenvalue weighted by Crippen LogP contribution is -2.38. The zero-order valence-corrected chi connectivity index (χ0v) is 13.5. The normalized spacial score (nSPS) is 22.3. The molecular weight excluding hydrogens is 304 g/mol. The summed E-state index contributed by atoms with van der Waals surface area (Å²) < 4.78 is 0. The van der Waals surface area contributed by atoms with Crippen LogP contribution in [0.4, 0.5) is 10.6 Å². The molecule has 2 aliphatic rings. The average Bonchev–Trinajstić information content (AvgIpc) is 3.17. The molecule has 1 aromatic rings. The van der Waals surface area contributed by atoms with Gasteiger partial charge in [-0.2, -0.15) is 0 Å². The molecule has 120 valence electrons. The number of likely N-dealkylation sites (N-methyl/N-ethyl adjacent to an activating group) is 1. The number of anilines is 1. The first kappa shape index (κ1) is 15.3. The predicted molar refractivity (Wildman–Crippen MR) is 84.7 cm³/mol. The van der Waals surface area contributed by atoms with Crippen LogP contribution in [0.25, 0.3) is 0 Å². The molecule has 2 fully saturated rings. The number of amides is 1. The van der Waals surface area contributed by atoms with Crippen LogP contribution in [0.1, 0.15) is 43.7 Å². The summed E-state index contributed by atoms with van der Waals surface area (Å²) in [5.74, 6) is 1.31. The van der Waals surface area contributed by atoms with Crippen LogP contribution in [0.3, 0.4) is 0 Å². The molecule has 1 saturated carbocycles. The van der Waals surface area contributed by atoms with Crippen molar-refractivity contribution >= 4 is 23.5 Å². The van der Waals surface area contributed by atoms with Gasteiger partial charge in [0.1, 0.15) is 5.82 Å². The van der Waals surface area contributed by atoms with E-state index in [1.54, 1.807) is 7.05 Å². The average molecular weight is 325 g/mol. The molecule has 1 aliphatic heterocycles. The summed E-state index contributed by atoms with van der Waals surface area (Å²) in [6.45, 7) is 1.44. The van der Waals surface area contributed by atoms with Gasteiger partial charge in [0, 0.05) is 32.1 Å². The highest BCUT2D eigenvalue weighted by atomic mass is 35.5. The highest BCUT2D eigenvalue weighted by molar-refractivity contribution is 6.28. The van der Waals surface area contributed by atoms with Gasteiger partial charge in [0.2, 0.25) is 5.28 Å². The summed E-state index contributed by atoms with van der Waals surface area (Å²) in [4.78, 5) is 23.3. The van der Waals surface area contributed by atoms with E-state index in [-0.39, 0.29) is 11.3 Å². The lowest BCUT2D eigenvalue weighted by atomic mass is 10.0. The molecule has 0 radical (unpaired) electrons. The van der Waals surface area contributed by atoms with Crippen molar-refractivity contribution in [3.8, 4) is 0 Å². The second kappa shape index (κ2) is 6.28. The second-order valence-corrected chi connectivity index (χ2v) is 6.52. The molecule has 3 rings (SSSR count). The van der Waals surface area contributed by atoms with E-state index in [0.29, 0.717) is 12.5 Å². The first-order valence-corrected chi connectivity index (χ1v) is 8.17. The van der Waals surface area contributed by atoms with Crippen molar-refractivity contribution in [1.29, 1.82) is 0 Å². The highest BCUT2D eigenvalue weighted by Crippen LogP contribution is 2.35. The largest absolute Gasteiger partial charge is 0.465 e. The van der Waals surface area contributed by atoms with Gasteiger partial charge in [-0.1, -0.05) is 12.8 Å². The monoisotopic (exact) mass is 324 g/mol. The standard InChI is InChI=1S/C15H21ClN4O2/c1-19(15(21)22)11-6-7-20(9-11)13-8-12(17-14(16)18-13)10-4-2-3-5-10/h8,10-11H,2-7,9H2,1H3,(H,21,22). The first-order chi connectivity index (χ1) is 10.5. The van der Waals surface area contributed by atoms with Crippen molar-refractivity contribution in [1.82, 2.24) is 14.9 Å². The fourth-order valence-electron chi connectivity index (χ4n) is 3.44. The van der Waals surface area contributed by atoms with E-state index >= 15 is 0 Å². The van der Waals surface area contributed by atoms with Crippen molar-refractivity contribution in [2.75, 3.05) is 25.0 Å². The Hall–Kier alpha value is -1.56. The quantitative estimate of drug-likeness (QED) is 0.866. The van der Waals surface area contributed by atoms with Gasteiger partial charge < -0.3 is 14.9 Å². The third-order valence-corrected chi connectivity index (χ3v) is 4.98. The number of carbonyl (C=O) groups is 1. The minimum Gasteiger partial charge on any atom is -0.465 e. The van der Waals surface area contributed by atoms with Crippen LogP contribution in [0.2, 0.25) is 5.28 Å². The Kier molecular flexibility index (Phi) is 4.38. The number of rotatable bonds is 3. The van der Waals surface area contributed by atoms with Gasteiger partial charge in [-0.25, -0.2) is 14.8 Å². The molecule has 2 heterocycles. The van der Waals surface area contributed by atoms with Crippen LogP contribution in [0.5, 0.6) is 0 Å². The van der Waals surface area contributed by atoms with Gasteiger partial charge in [-0.05, 0) is 30.9 Å². The number of nitrogens with zero attached hydrogens (tertiary/aromatic N) is 4. The predicted octanol–water partition coefficient (Wildman–Crippen LogP) is 2.98. The van der Waals surface area contributed by atoms with Crippen LogP contribution >= 0.6 is 11.6 Å². The summed E-state index contributed by atoms with van der Waals surface area (Å²) in [6.07, 6.45) is 4.74. The fraction of sp³-hybridized carbons (Fsp3) is 0.667. The number of aromatic nitrogens is 2. The van der Waals surface area contributed by atoms with Gasteiger partial charge in [-0.3, -0.25) is 0 Å². The Morgan fingerprint density at radius 2 is 2.09 bits per heavy atom. The summed E-state index contributed by atoms with van der Waals surface area (Å²) in [5, 5.41) is 9.38. The molecular formula is C15H21ClN4O2. The van der Waals surface area contributed by atoms with Crippen molar-refractivity contribution in [3.05, 3.63) is 17.0 Å². The van der Waals surface area contributed by atoms with E-state index in [0.717, 1.165) is 37.3 Å². The summed E-state index contributed by atoms with van der Waals surface area (Å²) in [7, 11) is 1.62. The molecule has 22 heavy (non-hydrogen) atoms. The Labute approximate surface area is 135 Å². The minimum absolute atomic E-state index is 0.00108. The highest BCUT2D eigenvalue weighted by Gasteiger charge is 2.30. The smallest absolute Gasteiger partial charge is 0.407 e. The van der Waals surface area contributed by atoms with E-state index in [1.807, 2.05) is 6.07 Å². The topological polar surface area (TPSA) is 69.6 Å². The number of carboxylic acid groups (broad SMARTS) is 1. The summed E-state index contributed by atoms with van der Waals surface area (Å²) in [6, 6.07) is 2.03. The van der Waals surface area contributed by atoms with E-state index in [9.17, 15) is 4.79 Å². The molecule has 1 saturated heterocycles. The molecule has 1 amide bonds. The molecule has 0 aromatic carbocycles. The Morgan fingerprint density at radius 3 is 2.77 bits per heavy atom. The van der Waals surface area contributed by atoms with E-state index in [2.05, 4.69) is 14.9 Å². The van der Waals surface area contributed by atoms with Gasteiger partial charge in [0.05, 0.1) is 11.7 Å². The molecule has 1 aliphatic carbocycles. The maximum Gasteiger partial charge on any atom is 0.407 e. The molecule has 7 heteroatoms. The SMILES string of the molecule is CN(C(=O)O)C1CCN(c2cc(C3CCCC3)nc(Cl)n2)C1. The Balaban J connectivity index is 1.76. The molecule has 1 unspecified atom stereocenters. The lowest BCUT2D eigenvalue weighted by Gasteiger charge is -2.23. The molecule has 0 spiro atoms. The molecule has 1 N–H and O–H groups in total. The minimum atomic E-state index is -0.890.